The summed E-state index contributed by atoms with van der Waals surface area (Å²) in [6, 6.07) is 15.1. The van der Waals surface area contributed by atoms with Crippen LogP contribution in [0.4, 0.5) is 5.69 Å². The molecule has 0 amide bonds. The van der Waals surface area contributed by atoms with Gasteiger partial charge < -0.3 is 11.1 Å². The highest BCUT2D eigenvalue weighted by atomic mass is 32.2. The van der Waals surface area contributed by atoms with Crippen molar-refractivity contribution in [2.24, 2.45) is 5.73 Å². The van der Waals surface area contributed by atoms with Gasteiger partial charge in [0.2, 0.25) is 0 Å². The van der Waals surface area contributed by atoms with E-state index < -0.39 is 0 Å². The van der Waals surface area contributed by atoms with Crippen molar-refractivity contribution in [3.05, 3.63) is 48.0 Å². The summed E-state index contributed by atoms with van der Waals surface area (Å²) in [5.74, 6) is 1.15. The molecule has 0 atom stereocenters. The molecule has 2 nitrogen and oxygen atoms in total. The summed E-state index contributed by atoms with van der Waals surface area (Å²) in [7, 11) is 0. The van der Waals surface area contributed by atoms with Crippen LogP contribution in [0.15, 0.2) is 47.4 Å². The summed E-state index contributed by atoms with van der Waals surface area (Å²) in [5.41, 5.74) is 10.5. The standard InChI is InChI=1S/C15H16N2S/c16-10-11-1-3-12(4-2-11)13-5-6-15-14(9-13)17-7-8-18-15/h1-6,9,17H,7-8,10,16H2. The van der Waals surface area contributed by atoms with Crippen LogP contribution >= 0.6 is 11.8 Å². The Morgan fingerprint density at radius 3 is 2.61 bits per heavy atom. The number of rotatable bonds is 2. The number of nitrogens with two attached hydrogens (primary N) is 1. The second-order valence-electron chi connectivity index (χ2n) is 4.39. The molecule has 0 spiro atoms. The summed E-state index contributed by atoms with van der Waals surface area (Å²) < 4.78 is 0. The monoisotopic (exact) mass is 256 g/mol. The molecule has 0 bridgehead atoms. The first-order valence-corrected chi connectivity index (χ1v) is 7.15. The SMILES string of the molecule is NCc1ccc(-c2ccc3c(c2)NCCS3)cc1. The average Bonchev–Trinajstić information content (AvgIpc) is 2.47. The van der Waals surface area contributed by atoms with Crippen molar-refractivity contribution in [3.8, 4) is 11.1 Å². The Morgan fingerprint density at radius 2 is 1.83 bits per heavy atom. The lowest BCUT2D eigenvalue weighted by molar-refractivity contribution is 1.07. The van der Waals surface area contributed by atoms with E-state index in [1.165, 1.54) is 27.3 Å². The molecule has 1 aliphatic heterocycles. The minimum atomic E-state index is 0.600. The molecule has 2 aromatic carbocycles. The quantitative estimate of drug-likeness (QED) is 0.865. The maximum Gasteiger partial charge on any atom is 0.0484 e. The van der Waals surface area contributed by atoms with Gasteiger partial charge in [-0.3, -0.25) is 0 Å². The summed E-state index contributed by atoms with van der Waals surface area (Å²) >= 11 is 1.92. The van der Waals surface area contributed by atoms with Crippen LogP contribution < -0.4 is 11.1 Å². The van der Waals surface area contributed by atoms with Gasteiger partial charge in [-0.2, -0.15) is 0 Å². The fourth-order valence-electron chi connectivity index (χ4n) is 2.15. The van der Waals surface area contributed by atoms with Crippen molar-refractivity contribution in [1.82, 2.24) is 0 Å². The zero-order valence-electron chi connectivity index (χ0n) is 10.1. The molecule has 3 N–H and O–H groups in total. The molecule has 18 heavy (non-hydrogen) atoms. The van der Waals surface area contributed by atoms with Crippen LogP contribution in [0, 0.1) is 0 Å². The summed E-state index contributed by atoms with van der Waals surface area (Å²) in [6.07, 6.45) is 0. The van der Waals surface area contributed by atoms with Gasteiger partial charge in [-0.1, -0.05) is 30.3 Å². The second kappa shape index (κ2) is 5.04. The van der Waals surface area contributed by atoms with Crippen molar-refractivity contribution in [3.63, 3.8) is 0 Å². The Labute approximate surface area is 112 Å². The summed E-state index contributed by atoms with van der Waals surface area (Å²) in [5, 5.41) is 3.45. The van der Waals surface area contributed by atoms with Gasteiger partial charge in [0.1, 0.15) is 0 Å². The third kappa shape index (κ3) is 2.24. The minimum Gasteiger partial charge on any atom is -0.383 e. The molecule has 3 rings (SSSR count). The van der Waals surface area contributed by atoms with Crippen LogP contribution in [0.5, 0.6) is 0 Å². The first kappa shape index (κ1) is 11.6. The predicted molar refractivity (Wildman–Crippen MR) is 79.0 cm³/mol. The van der Waals surface area contributed by atoms with Gasteiger partial charge in [0.15, 0.2) is 0 Å². The Bertz CT molecular complexity index is 549. The van der Waals surface area contributed by atoms with E-state index in [4.69, 9.17) is 5.73 Å². The fraction of sp³-hybridized carbons (Fsp3) is 0.200. The molecule has 0 saturated heterocycles. The molecule has 0 aromatic heterocycles. The smallest absolute Gasteiger partial charge is 0.0484 e. The maximum absolute atomic E-state index is 5.62. The lowest BCUT2D eigenvalue weighted by Gasteiger charge is -2.18. The Balaban J connectivity index is 1.95. The molecule has 0 saturated carbocycles. The number of hydrogen-bond acceptors (Lipinski definition) is 3. The van der Waals surface area contributed by atoms with E-state index in [0.717, 1.165) is 12.3 Å². The van der Waals surface area contributed by atoms with Crippen LogP contribution in [-0.4, -0.2) is 12.3 Å². The molecule has 1 heterocycles. The third-order valence-electron chi connectivity index (χ3n) is 3.18. The number of nitrogens with one attached hydrogen (secondary N) is 1. The highest BCUT2D eigenvalue weighted by Gasteiger charge is 2.09. The Hall–Kier alpha value is -1.45. The average molecular weight is 256 g/mol. The van der Waals surface area contributed by atoms with Crippen molar-refractivity contribution in [2.45, 2.75) is 11.4 Å². The predicted octanol–water partition coefficient (Wildman–Crippen LogP) is 3.33. The molecular formula is C15H16N2S. The van der Waals surface area contributed by atoms with Gasteiger partial charge in [-0.15, -0.1) is 11.8 Å². The summed E-state index contributed by atoms with van der Waals surface area (Å²) in [4.78, 5) is 1.35. The minimum absolute atomic E-state index is 0.600. The van der Waals surface area contributed by atoms with E-state index in [1.54, 1.807) is 0 Å². The van der Waals surface area contributed by atoms with E-state index >= 15 is 0 Å². The largest absolute Gasteiger partial charge is 0.383 e. The highest BCUT2D eigenvalue weighted by molar-refractivity contribution is 7.99. The Kier molecular flexibility index (Phi) is 3.26. The van der Waals surface area contributed by atoms with Crippen molar-refractivity contribution >= 4 is 17.4 Å². The normalized spacial score (nSPS) is 13.8. The first-order chi connectivity index (χ1) is 8.86. The number of thioether (sulfide) groups is 1. The van der Waals surface area contributed by atoms with E-state index in [-0.39, 0.29) is 0 Å². The topological polar surface area (TPSA) is 38.0 Å². The highest BCUT2D eigenvalue weighted by Crippen LogP contribution is 2.34. The van der Waals surface area contributed by atoms with Crippen LogP contribution in [0.25, 0.3) is 11.1 Å². The van der Waals surface area contributed by atoms with E-state index in [9.17, 15) is 0 Å². The van der Waals surface area contributed by atoms with E-state index in [2.05, 4.69) is 47.8 Å². The van der Waals surface area contributed by atoms with Crippen molar-refractivity contribution < 1.29 is 0 Å². The van der Waals surface area contributed by atoms with Gasteiger partial charge in [0.05, 0.1) is 0 Å². The molecule has 0 aliphatic carbocycles. The second-order valence-corrected chi connectivity index (χ2v) is 5.52. The molecule has 3 heteroatoms. The van der Waals surface area contributed by atoms with Crippen LogP contribution in [0.1, 0.15) is 5.56 Å². The van der Waals surface area contributed by atoms with Crippen LogP contribution in [0.2, 0.25) is 0 Å². The number of fused-ring (bicyclic) bond motifs is 1. The van der Waals surface area contributed by atoms with Crippen molar-refractivity contribution in [1.29, 1.82) is 0 Å². The number of benzene rings is 2. The summed E-state index contributed by atoms with van der Waals surface area (Å²) in [6.45, 7) is 1.65. The Morgan fingerprint density at radius 1 is 1.06 bits per heavy atom. The van der Waals surface area contributed by atoms with Crippen LogP contribution in [-0.2, 0) is 6.54 Å². The third-order valence-corrected chi connectivity index (χ3v) is 4.25. The fourth-order valence-corrected chi connectivity index (χ4v) is 3.03. The molecule has 92 valence electrons. The van der Waals surface area contributed by atoms with Gasteiger partial charge in [-0.05, 0) is 28.8 Å². The van der Waals surface area contributed by atoms with Gasteiger partial charge in [0.25, 0.3) is 0 Å². The molecule has 1 aliphatic rings. The first-order valence-electron chi connectivity index (χ1n) is 6.17. The van der Waals surface area contributed by atoms with E-state index in [1.807, 2.05) is 11.8 Å². The molecule has 0 radical (unpaired) electrons. The lowest BCUT2D eigenvalue weighted by atomic mass is 10.0. The maximum atomic E-state index is 5.62. The van der Waals surface area contributed by atoms with Gasteiger partial charge in [-0.25, -0.2) is 0 Å². The zero-order chi connectivity index (χ0) is 12.4. The van der Waals surface area contributed by atoms with Gasteiger partial charge in [0, 0.05) is 29.4 Å². The molecule has 0 fully saturated rings. The zero-order valence-corrected chi connectivity index (χ0v) is 11.0. The molecular weight excluding hydrogens is 240 g/mol. The van der Waals surface area contributed by atoms with E-state index in [0.29, 0.717) is 6.54 Å². The van der Waals surface area contributed by atoms with Crippen molar-refractivity contribution in [2.75, 3.05) is 17.6 Å². The van der Waals surface area contributed by atoms with Crippen LogP contribution in [0.3, 0.4) is 0 Å². The van der Waals surface area contributed by atoms with Gasteiger partial charge >= 0.3 is 0 Å². The molecule has 2 aromatic rings. The lowest BCUT2D eigenvalue weighted by Crippen LogP contribution is -2.09. The number of anilines is 1. The number of hydrogen-bond donors (Lipinski definition) is 2. The molecule has 0 unspecified atom stereocenters.